The fourth-order valence-corrected chi connectivity index (χ4v) is 4.08. The van der Waals surface area contributed by atoms with Crippen molar-refractivity contribution in [1.82, 2.24) is 5.32 Å². The highest BCUT2D eigenvalue weighted by Crippen LogP contribution is 2.30. The quantitative estimate of drug-likeness (QED) is 0.298. The zero-order valence-electron chi connectivity index (χ0n) is 17.8. The summed E-state index contributed by atoms with van der Waals surface area (Å²) in [5.41, 5.74) is 1.94. The van der Waals surface area contributed by atoms with Crippen molar-refractivity contribution >= 4 is 61.5 Å². The number of carbonyl (C=O) groups excluding carboxylic acids is 3. The van der Waals surface area contributed by atoms with Crippen LogP contribution < -0.4 is 15.0 Å². The SMILES string of the molecule is Cc1cc(N2C(=O)NC(=O)/C(=C\c3ccc(OCc4ccccc4F)c(Br)c3)C2=O)ccc1Br. The van der Waals surface area contributed by atoms with E-state index in [1.54, 1.807) is 54.6 Å². The maximum absolute atomic E-state index is 13.8. The van der Waals surface area contributed by atoms with Crippen molar-refractivity contribution in [3.63, 3.8) is 0 Å². The largest absolute Gasteiger partial charge is 0.488 e. The number of hydrogen-bond donors (Lipinski definition) is 1. The zero-order valence-corrected chi connectivity index (χ0v) is 20.9. The smallest absolute Gasteiger partial charge is 0.335 e. The standard InChI is InChI=1S/C25H17Br2FN2O4/c1-14-10-17(7-8-19(14)26)30-24(32)18(23(31)29-25(30)33)11-15-6-9-22(20(27)12-15)34-13-16-4-2-3-5-21(16)28/h2-12H,13H2,1H3,(H,29,31,33)/b18-11+. The van der Waals surface area contributed by atoms with Gasteiger partial charge in [-0.15, -0.1) is 0 Å². The highest BCUT2D eigenvalue weighted by Gasteiger charge is 2.36. The molecule has 1 fully saturated rings. The first-order valence-electron chi connectivity index (χ1n) is 10.1. The lowest BCUT2D eigenvalue weighted by molar-refractivity contribution is -0.122. The fraction of sp³-hybridized carbons (Fsp3) is 0.0800. The molecule has 0 atom stereocenters. The Bertz CT molecular complexity index is 1360. The zero-order chi connectivity index (χ0) is 24.4. The Labute approximate surface area is 211 Å². The number of rotatable bonds is 5. The van der Waals surface area contributed by atoms with Crippen LogP contribution in [0.4, 0.5) is 14.9 Å². The van der Waals surface area contributed by atoms with Crippen molar-refractivity contribution in [3.8, 4) is 5.75 Å². The first kappa shape index (κ1) is 23.8. The predicted molar refractivity (Wildman–Crippen MR) is 133 cm³/mol. The van der Waals surface area contributed by atoms with E-state index in [-0.39, 0.29) is 18.0 Å². The van der Waals surface area contributed by atoms with Gasteiger partial charge in [-0.3, -0.25) is 14.9 Å². The van der Waals surface area contributed by atoms with Gasteiger partial charge in [0.05, 0.1) is 10.2 Å². The van der Waals surface area contributed by atoms with Crippen molar-refractivity contribution in [2.75, 3.05) is 4.90 Å². The molecule has 9 heteroatoms. The molecule has 0 unspecified atom stereocenters. The molecule has 1 N–H and O–H groups in total. The Balaban J connectivity index is 1.58. The summed E-state index contributed by atoms with van der Waals surface area (Å²) in [6, 6.07) is 15.5. The van der Waals surface area contributed by atoms with Gasteiger partial charge in [0.25, 0.3) is 11.8 Å². The van der Waals surface area contributed by atoms with Crippen LogP contribution in [0.1, 0.15) is 16.7 Å². The van der Waals surface area contributed by atoms with E-state index in [0.717, 1.165) is 14.9 Å². The lowest BCUT2D eigenvalue weighted by Gasteiger charge is -2.26. The fourth-order valence-electron chi connectivity index (χ4n) is 3.32. The van der Waals surface area contributed by atoms with E-state index < -0.39 is 17.8 Å². The third-order valence-corrected chi connectivity index (χ3v) is 6.62. The number of amides is 4. The van der Waals surface area contributed by atoms with Crippen LogP contribution in [0.15, 0.2) is 75.2 Å². The third-order valence-electron chi connectivity index (χ3n) is 5.11. The highest BCUT2D eigenvalue weighted by atomic mass is 79.9. The Morgan fingerprint density at radius 3 is 2.47 bits per heavy atom. The van der Waals surface area contributed by atoms with E-state index in [2.05, 4.69) is 37.2 Å². The molecule has 172 valence electrons. The first-order chi connectivity index (χ1) is 16.2. The van der Waals surface area contributed by atoms with Gasteiger partial charge in [-0.2, -0.15) is 0 Å². The number of nitrogens with zero attached hydrogens (tertiary/aromatic N) is 1. The molecule has 3 aromatic carbocycles. The number of ether oxygens (including phenoxy) is 1. The van der Waals surface area contributed by atoms with Crippen LogP contribution in [0.2, 0.25) is 0 Å². The minimum atomic E-state index is -0.813. The molecule has 0 aromatic heterocycles. The van der Waals surface area contributed by atoms with Crippen LogP contribution >= 0.6 is 31.9 Å². The average Bonchev–Trinajstić information content (AvgIpc) is 2.79. The Morgan fingerprint density at radius 2 is 1.76 bits per heavy atom. The van der Waals surface area contributed by atoms with Crippen LogP contribution in [0.25, 0.3) is 6.08 Å². The van der Waals surface area contributed by atoms with Crippen molar-refractivity contribution < 1.29 is 23.5 Å². The van der Waals surface area contributed by atoms with Crippen molar-refractivity contribution in [1.29, 1.82) is 0 Å². The van der Waals surface area contributed by atoms with Crippen LogP contribution in [-0.4, -0.2) is 17.8 Å². The number of carbonyl (C=O) groups is 3. The van der Waals surface area contributed by atoms with Gasteiger partial charge in [0.15, 0.2) is 0 Å². The van der Waals surface area contributed by atoms with Gasteiger partial charge in [-0.25, -0.2) is 14.1 Å². The summed E-state index contributed by atoms with van der Waals surface area (Å²) in [7, 11) is 0. The molecule has 0 radical (unpaired) electrons. The van der Waals surface area contributed by atoms with Crippen LogP contribution in [0.3, 0.4) is 0 Å². The van der Waals surface area contributed by atoms with E-state index >= 15 is 0 Å². The Morgan fingerprint density at radius 1 is 1.00 bits per heavy atom. The lowest BCUT2D eigenvalue weighted by Crippen LogP contribution is -2.54. The highest BCUT2D eigenvalue weighted by molar-refractivity contribution is 9.10. The monoisotopic (exact) mass is 586 g/mol. The third kappa shape index (κ3) is 4.95. The average molecular weight is 588 g/mol. The first-order valence-corrected chi connectivity index (χ1v) is 11.7. The number of halogens is 3. The van der Waals surface area contributed by atoms with Crippen LogP contribution in [0, 0.1) is 12.7 Å². The van der Waals surface area contributed by atoms with Gasteiger partial charge in [0.1, 0.15) is 23.7 Å². The normalized spacial score (nSPS) is 15.0. The van der Waals surface area contributed by atoms with E-state index in [4.69, 9.17) is 4.74 Å². The second kappa shape index (κ2) is 9.90. The molecule has 34 heavy (non-hydrogen) atoms. The molecule has 6 nitrogen and oxygen atoms in total. The Hall–Kier alpha value is -3.30. The number of barbiturate groups is 1. The molecule has 1 aliphatic rings. The van der Waals surface area contributed by atoms with E-state index in [9.17, 15) is 18.8 Å². The summed E-state index contributed by atoms with van der Waals surface area (Å²) >= 11 is 6.79. The van der Waals surface area contributed by atoms with Crippen molar-refractivity contribution in [2.24, 2.45) is 0 Å². The topological polar surface area (TPSA) is 75.7 Å². The van der Waals surface area contributed by atoms with Gasteiger partial charge in [-0.1, -0.05) is 40.2 Å². The maximum atomic E-state index is 13.8. The second-order valence-electron chi connectivity index (χ2n) is 7.46. The number of anilines is 1. The molecule has 1 saturated heterocycles. The van der Waals surface area contributed by atoms with Gasteiger partial charge in [0.2, 0.25) is 0 Å². The summed E-state index contributed by atoms with van der Waals surface area (Å²) in [5.74, 6) is -1.41. The molecule has 0 saturated carbocycles. The Kier molecular flexibility index (Phi) is 6.95. The lowest BCUT2D eigenvalue weighted by atomic mass is 10.1. The van der Waals surface area contributed by atoms with Gasteiger partial charge < -0.3 is 4.74 Å². The number of hydrogen-bond acceptors (Lipinski definition) is 4. The number of nitrogens with one attached hydrogen (secondary N) is 1. The molecule has 1 aliphatic heterocycles. The number of benzene rings is 3. The molecule has 1 heterocycles. The summed E-state index contributed by atoms with van der Waals surface area (Å²) < 4.78 is 20.9. The second-order valence-corrected chi connectivity index (χ2v) is 9.17. The summed E-state index contributed by atoms with van der Waals surface area (Å²) in [5, 5.41) is 2.21. The van der Waals surface area contributed by atoms with Crippen LogP contribution in [0.5, 0.6) is 5.75 Å². The molecular formula is C25H17Br2FN2O4. The van der Waals surface area contributed by atoms with Gasteiger partial charge in [-0.05, 0) is 76.5 Å². The predicted octanol–water partition coefficient (Wildman–Crippen LogP) is 5.90. The van der Waals surface area contributed by atoms with Gasteiger partial charge >= 0.3 is 6.03 Å². The molecule has 4 rings (SSSR count). The van der Waals surface area contributed by atoms with Crippen molar-refractivity contribution in [3.05, 3.63) is 97.7 Å². The number of imide groups is 2. The number of urea groups is 1. The van der Waals surface area contributed by atoms with Crippen molar-refractivity contribution in [2.45, 2.75) is 13.5 Å². The summed E-state index contributed by atoms with van der Waals surface area (Å²) in [6.45, 7) is 1.87. The molecule has 4 amide bonds. The van der Waals surface area contributed by atoms with E-state index in [0.29, 0.717) is 27.0 Å². The minimum Gasteiger partial charge on any atom is -0.488 e. The molecule has 0 bridgehead atoms. The molecule has 0 aliphatic carbocycles. The molecular weight excluding hydrogens is 571 g/mol. The maximum Gasteiger partial charge on any atom is 0.335 e. The number of aryl methyl sites for hydroxylation is 1. The summed E-state index contributed by atoms with van der Waals surface area (Å²) in [6.07, 6.45) is 1.40. The van der Waals surface area contributed by atoms with Gasteiger partial charge in [0, 0.05) is 10.0 Å². The van der Waals surface area contributed by atoms with E-state index in [1.165, 1.54) is 12.1 Å². The molecule has 0 spiro atoms. The van der Waals surface area contributed by atoms with E-state index in [1.807, 2.05) is 6.92 Å². The van der Waals surface area contributed by atoms with Crippen LogP contribution in [-0.2, 0) is 16.2 Å². The minimum absolute atomic E-state index is 0.0380. The summed E-state index contributed by atoms with van der Waals surface area (Å²) in [4.78, 5) is 38.8. The molecule has 3 aromatic rings.